The molecule has 0 aromatic rings. The summed E-state index contributed by atoms with van der Waals surface area (Å²) in [5, 5.41) is 12.5. The topological polar surface area (TPSA) is 32.3 Å². The quantitative estimate of drug-likeness (QED) is 0.637. The number of nitrogens with one attached hydrogen (secondary N) is 1. The van der Waals surface area contributed by atoms with Crippen molar-refractivity contribution in [2.75, 3.05) is 13.2 Å². The molecule has 1 saturated carbocycles. The van der Waals surface area contributed by atoms with E-state index in [0.29, 0.717) is 18.6 Å². The van der Waals surface area contributed by atoms with E-state index in [1.165, 1.54) is 32.1 Å². The van der Waals surface area contributed by atoms with E-state index in [9.17, 15) is 0 Å². The molecule has 0 spiro atoms. The van der Waals surface area contributed by atoms with Crippen LogP contribution in [0.4, 0.5) is 0 Å². The first kappa shape index (κ1) is 13.0. The summed E-state index contributed by atoms with van der Waals surface area (Å²) in [7, 11) is 0. The Kier molecular flexibility index (Phi) is 6.26. The molecule has 90 valence electrons. The van der Waals surface area contributed by atoms with Crippen LogP contribution >= 0.6 is 0 Å². The second-order valence-corrected chi connectivity index (χ2v) is 5.22. The fraction of sp³-hybridized carbons (Fsp3) is 1.00. The minimum atomic E-state index is 0.332. The maximum Gasteiger partial charge on any atom is 0.0456 e. The molecule has 0 radical (unpaired) electrons. The van der Waals surface area contributed by atoms with Crippen LogP contribution in [0.25, 0.3) is 0 Å². The lowest BCUT2D eigenvalue weighted by Gasteiger charge is -2.20. The first-order chi connectivity index (χ1) is 7.24. The molecule has 0 saturated heterocycles. The largest absolute Gasteiger partial charge is 0.396 e. The summed E-state index contributed by atoms with van der Waals surface area (Å²) in [5.41, 5.74) is 0. The predicted molar refractivity (Wildman–Crippen MR) is 64.9 cm³/mol. The molecule has 0 aromatic heterocycles. The van der Waals surface area contributed by atoms with Crippen LogP contribution in [-0.2, 0) is 0 Å². The molecule has 0 amide bonds. The highest BCUT2D eigenvalue weighted by Gasteiger charge is 2.20. The van der Waals surface area contributed by atoms with Crippen molar-refractivity contribution >= 4 is 0 Å². The number of rotatable bonds is 7. The molecule has 0 aromatic carbocycles. The van der Waals surface area contributed by atoms with Gasteiger partial charge in [-0.1, -0.05) is 19.8 Å². The fourth-order valence-corrected chi connectivity index (χ4v) is 2.50. The van der Waals surface area contributed by atoms with E-state index in [4.69, 9.17) is 5.11 Å². The fourth-order valence-electron chi connectivity index (χ4n) is 2.50. The van der Waals surface area contributed by atoms with Crippen molar-refractivity contribution in [3.8, 4) is 0 Å². The van der Waals surface area contributed by atoms with Crippen LogP contribution in [0.5, 0.6) is 0 Å². The number of aliphatic hydroxyl groups excluding tert-OH is 1. The molecule has 1 rings (SSSR count). The van der Waals surface area contributed by atoms with Crippen molar-refractivity contribution in [2.24, 2.45) is 11.8 Å². The van der Waals surface area contributed by atoms with Gasteiger partial charge >= 0.3 is 0 Å². The third-order valence-electron chi connectivity index (χ3n) is 3.76. The monoisotopic (exact) mass is 213 g/mol. The van der Waals surface area contributed by atoms with Crippen molar-refractivity contribution in [2.45, 2.75) is 58.4 Å². The lowest BCUT2D eigenvalue weighted by Crippen LogP contribution is -2.33. The summed E-state index contributed by atoms with van der Waals surface area (Å²) in [6, 6.07) is 0.692. The van der Waals surface area contributed by atoms with Crippen LogP contribution in [-0.4, -0.2) is 24.3 Å². The summed E-state index contributed by atoms with van der Waals surface area (Å²) in [4.78, 5) is 0. The molecule has 15 heavy (non-hydrogen) atoms. The molecule has 1 aliphatic rings. The van der Waals surface area contributed by atoms with Crippen LogP contribution in [0.15, 0.2) is 0 Å². The van der Waals surface area contributed by atoms with Gasteiger partial charge in [0.2, 0.25) is 0 Å². The molecule has 2 nitrogen and oxygen atoms in total. The van der Waals surface area contributed by atoms with Gasteiger partial charge in [0.05, 0.1) is 0 Å². The highest BCUT2D eigenvalue weighted by molar-refractivity contribution is 4.77. The third-order valence-corrected chi connectivity index (χ3v) is 3.76. The normalized spacial score (nSPS) is 21.8. The summed E-state index contributed by atoms with van der Waals surface area (Å²) >= 11 is 0. The molecule has 2 heteroatoms. The summed E-state index contributed by atoms with van der Waals surface area (Å²) in [6.07, 6.45) is 8.03. The molecule has 2 atom stereocenters. The molecule has 1 fully saturated rings. The first-order valence-corrected chi connectivity index (χ1v) is 6.58. The van der Waals surface area contributed by atoms with Gasteiger partial charge in [-0.25, -0.2) is 0 Å². The summed E-state index contributed by atoms with van der Waals surface area (Å²) < 4.78 is 0. The molecular formula is C13H27NO. The number of hydrogen-bond acceptors (Lipinski definition) is 2. The van der Waals surface area contributed by atoms with Gasteiger partial charge in [0.15, 0.2) is 0 Å². The van der Waals surface area contributed by atoms with Crippen LogP contribution < -0.4 is 5.32 Å². The van der Waals surface area contributed by atoms with Crippen molar-refractivity contribution < 1.29 is 5.11 Å². The molecule has 2 unspecified atom stereocenters. The Morgan fingerprint density at radius 2 is 1.93 bits per heavy atom. The highest BCUT2D eigenvalue weighted by atomic mass is 16.3. The zero-order chi connectivity index (χ0) is 11.1. The van der Waals surface area contributed by atoms with Gasteiger partial charge in [-0.2, -0.15) is 0 Å². The first-order valence-electron chi connectivity index (χ1n) is 6.58. The lowest BCUT2D eigenvalue weighted by molar-refractivity contribution is 0.227. The van der Waals surface area contributed by atoms with Crippen LogP contribution in [0.2, 0.25) is 0 Å². The van der Waals surface area contributed by atoms with Crippen LogP contribution in [0.3, 0.4) is 0 Å². The third kappa shape index (κ3) is 4.98. The Balaban J connectivity index is 1.99. The van der Waals surface area contributed by atoms with Crippen molar-refractivity contribution in [3.63, 3.8) is 0 Å². The van der Waals surface area contributed by atoms with E-state index >= 15 is 0 Å². The molecular weight excluding hydrogens is 186 g/mol. The van der Waals surface area contributed by atoms with Gasteiger partial charge in [-0.05, 0) is 51.0 Å². The molecule has 0 bridgehead atoms. The highest BCUT2D eigenvalue weighted by Crippen LogP contribution is 2.27. The zero-order valence-electron chi connectivity index (χ0n) is 10.3. The Morgan fingerprint density at radius 1 is 1.27 bits per heavy atom. The minimum absolute atomic E-state index is 0.332. The average Bonchev–Trinajstić information content (AvgIpc) is 2.77. The Hall–Kier alpha value is -0.0800. The maximum atomic E-state index is 8.90. The zero-order valence-corrected chi connectivity index (χ0v) is 10.3. The van der Waals surface area contributed by atoms with Crippen LogP contribution in [0, 0.1) is 11.8 Å². The van der Waals surface area contributed by atoms with Gasteiger partial charge in [-0.3, -0.25) is 0 Å². The molecule has 2 N–H and O–H groups in total. The van der Waals surface area contributed by atoms with Gasteiger partial charge < -0.3 is 10.4 Å². The Bertz CT molecular complexity index is 155. The van der Waals surface area contributed by atoms with Crippen molar-refractivity contribution in [3.05, 3.63) is 0 Å². The number of aliphatic hydroxyl groups is 1. The lowest BCUT2D eigenvalue weighted by atomic mass is 9.99. The predicted octanol–water partition coefficient (Wildman–Crippen LogP) is 2.56. The Labute approximate surface area is 94.5 Å². The van der Waals surface area contributed by atoms with Gasteiger partial charge in [0.1, 0.15) is 0 Å². The smallest absolute Gasteiger partial charge is 0.0456 e. The molecule has 0 aliphatic heterocycles. The van der Waals surface area contributed by atoms with Crippen molar-refractivity contribution in [1.29, 1.82) is 0 Å². The molecule has 0 heterocycles. The van der Waals surface area contributed by atoms with E-state index in [-0.39, 0.29) is 0 Å². The van der Waals surface area contributed by atoms with Gasteiger partial charge in [0.25, 0.3) is 0 Å². The average molecular weight is 213 g/mol. The van der Waals surface area contributed by atoms with E-state index < -0.39 is 0 Å². The van der Waals surface area contributed by atoms with E-state index in [0.717, 1.165) is 18.9 Å². The minimum Gasteiger partial charge on any atom is -0.396 e. The van der Waals surface area contributed by atoms with Gasteiger partial charge in [-0.15, -0.1) is 0 Å². The van der Waals surface area contributed by atoms with Gasteiger partial charge in [0, 0.05) is 12.6 Å². The standard InChI is InChI=1S/C13H27NO/c1-11(10-15)6-5-9-14-12(2)13-7-3-4-8-13/h11-15H,3-10H2,1-2H3. The maximum absolute atomic E-state index is 8.90. The summed E-state index contributed by atoms with van der Waals surface area (Å²) in [6.45, 7) is 5.88. The van der Waals surface area contributed by atoms with E-state index in [1.54, 1.807) is 0 Å². The second-order valence-electron chi connectivity index (χ2n) is 5.22. The SMILES string of the molecule is CC(CO)CCCNC(C)C1CCCC1. The van der Waals surface area contributed by atoms with Crippen molar-refractivity contribution in [1.82, 2.24) is 5.32 Å². The van der Waals surface area contributed by atoms with E-state index in [2.05, 4.69) is 19.2 Å². The Morgan fingerprint density at radius 3 is 2.53 bits per heavy atom. The van der Waals surface area contributed by atoms with E-state index in [1.807, 2.05) is 0 Å². The second kappa shape index (κ2) is 7.24. The summed E-state index contributed by atoms with van der Waals surface area (Å²) in [5.74, 6) is 1.38. The number of hydrogen-bond donors (Lipinski definition) is 2. The molecule has 1 aliphatic carbocycles. The van der Waals surface area contributed by atoms with Crippen LogP contribution in [0.1, 0.15) is 52.4 Å².